The molecule has 2 N–H and O–H groups in total. The molecule has 110 valence electrons. The minimum atomic E-state index is -1.82. The first-order chi connectivity index (χ1) is 9.49. The molecule has 0 spiro atoms. The molecule has 6 nitrogen and oxygen atoms in total. The minimum Gasteiger partial charge on any atom is -0.473 e. The van der Waals surface area contributed by atoms with Gasteiger partial charge in [0.1, 0.15) is 0 Å². The van der Waals surface area contributed by atoms with Gasteiger partial charge in [0, 0.05) is 24.7 Å². The van der Waals surface area contributed by atoms with Crippen molar-refractivity contribution in [3.05, 3.63) is 34.9 Å². The first-order valence-electron chi connectivity index (χ1n) is 6.00. The molecule has 0 aliphatic carbocycles. The standard InChI is InChI=1S/C11H14ClNO.C2H2O4/c12-11-3-1-10(2-4-11)9-13-5-7-14-8-6-13;3-1(4)2(5)6/h1-4H,5-9H2;(H,3,4)(H,5,6). The third kappa shape index (κ3) is 6.51. The highest BCUT2D eigenvalue weighted by molar-refractivity contribution is 6.30. The van der Waals surface area contributed by atoms with E-state index in [4.69, 9.17) is 36.1 Å². The second-order valence-corrected chi connectivity index (χ2v) is 4.56. The van der Waals surface area contributed by atoms with E-state index in [-0.39, 0.29) is 0 Å². The van der Waals surface area contributed by atoms with E-state index in [2.05, 4.69) is 17.0 Å². The zero-order valence-electron chi connectivity index (χ0n) is 10.8. The number of halogens is 1. The van der Waals surface area contributed by atoms with Gasteiger partial charge in [0.15, 0.2) is 0 Å². The van der Waals surface area contributed by atoms with Crippen LogP contribution in [0.15, 0.2) is 24.3 Å². The van der Waals surface area contributed by atoms with Crippen LogP contribution in [0.5, 0.6) is 0 Å². The van der Waals surface area contributed by atoms with Crippen molar-refractivity contribution in [1.82, 2.24) is 4.90 Å². The molecule has 0 radical (unpaired) electrons. The molecule has 1 saturated heterocycles. The SMILES string of the molecule is Clc1ccc(CN2CCOCC2)cc1.O=C(O)C(=O)O. The molecule has 0 amide bonds. The first kappa shape index (κ1) is 16.4. The Hall–Kier alpha value is -1.63. The number of carboxylic acid groups (broad SMARTS) is 2. The van der Waals surface area contributed by atoms with Crippen LogP contribution in [0, 0.1) is 0 Å². The Morgan fingerprint density at radius 3 is 2.05 bits per heavy atom. The predicted molar refractivity (Wildman–Crippen MR) is 72.8 cm³/mol. The topological polar surface area (TPSA) is 87.1 Å². The Labute approximate surface area is 121 Å². The van der Waals surface area contributed by atoms with Crippen LogP contribution in [-0.2, 0) is 20.9 Å². The number of ether oxygens (including phenoxy) is 1. The van der Waals surface area contributed by atoms with Gasteiger partial charge in [-0.1, -0.05) is 23.7 Å². The number of carbonyl (C=O) groups is 2. The second-order valence-electron chi connectivity index (χ2n) is 4.13. The third-order valence-electron chi connectivity index (χ3n) is 2.61. The number of aliphatic carboxylic acids is 2. The van der Waals surface area contributed by atoms with Gasteiger partial charge >= 0.3 is 11.9 Å². The van der Waals surface area contributed by atoms with Crippen molar-refractivity contribution in [2.24, 2.45) is 0 Å². The summed E-state index contributed by atoms with van der Waals surface area (Å²) in [7, 11) is 0. The van der Waals surface area contributed by atoms with E-state index in [0.717, 1.165) is 37.9 Å². The normalized spacial score (nSPS) is 15.1. The summed E-state index contributed by atoms with van der Waals surface area (Å²) >= 11 is 5.82. The lowest BCUT2D eigenvalue weighted by atomic mass is 10.2. The van der Waals surface area contributed by atoms with Gasteiger partial charge in [-0.3, -0.25) is 4.90 Å². The number of hydrogen-bond donors (Lipinski definition) is 2. The molecule has 7 heteroatoms. The molecule has 1 heterocycles. The van der Waals surface area contributed by atoms with Crippen molar-refractivity contribution in [3.8, 4) is 0 Å². The molecule has 0 atom stereocenters. The zero-order valence-corrected chi connectivity index (χ0v) is 11.5. The van der Waals surface area contributed by atoms with E-state index in [1.165, 1.54) is 5.56 Å². The summed E-state index contributed by atoms with van der Waals surface area (Å²) in [6.45, 7) is 4.77. The number of benzene rings is 1. The zero-order chi connectivity index (χ0) is 15.0. The summed E-state index contributed by atoms with van der Waals surface area (Å²) in [5.41, 5.74) is 1.32. The van der Waals surface area contributed by atoms with Crippen LogP contribution >= 0.6 is 11.6 Å². The van der Waals surface area contributed by atoms with Crippen molar-refractivity contribution in [3.63, 3.8) is 0 Å². The lowest BCUT2D eigenvalue weighted by Gasteiger charge is -2.26. The number of nitrogens with zero attached hydrogens (tertiary/aromatic N) is 1. The molecule has 0 saturated carbocycles. The maximum Gasteiger partial charge on any atom is 0.414 e. The van der Waals surface area contributed by atoms with Crippen LogP contribution < -0.4 is 0 Å². The summed E-state index contributed by atoms with van der Waals surface area (Å²) in [5, 5.41) is 15.6. The largest absolute Gasteiger partial charge is 0.473 e. The predicted octanol–water partition coefficient (Wildman–Crippen LogP) is 1.33. The average Bonchev–Trinajstić information content (AvgIpc) is 2.43. The molecular formula is C13H16ClNO5. The third-order valence-corrected chi connectivity index (χ3v) is 2.86. The fraction of sp³-hybridized carbons (Fsp3) is 0.385. The van der Waals surface area contributed by atoms with Crippen molar-refractivity contribution < 1.29 is 24.5 Å². The van der Waals surface area contributed by atoms with Gasteiger partial charge in [-0.2, -0.15) is 0 Å². The quantitative estimate of drug-likeness (QED) is 0.801. The number of morpholine rings is 1. The fourth-order valence-electron chi connectivity index (χ4n) is 1.61. The molecule has 1 aromatic carbocycles. The van der Waals surface area contributed by atoms with Crippen LogP contribution in [0.2, 0.25) is 5.02 Å². The molecule has 1 aliphatic rings. The fourth-order valence-corrected chi connectivity index (χ4v) is 1.73. The Morgan fingerprint density at radius 2 is 1.60 bits per heavy atom. The Morgan fingerprint density at radius 1 is 1.10 bits per heavy atom. The van der Waals surface area contributed by atoms with Gasteiger partial charge in [-0.15, -0.1) is 0 Å². The van der Waals surface area contributed by atoms with E-state index in [9.17, 15) is 0 Å². The van der Waals surface area contributed by atoms with E-state index in [1.807, 2.05) is 12.1 Å². The maximum absolute atomic E-state index is 9.10. The van der Waals surface area contributed by atoms with Gasteiger partial charge in [0.05, 0.1) is 13.2 Å². The van der Waals surface area contributed by atoms with Crippen molar-refractivity contribution in [1.29, 1.82) is 0 Å². The molecule has 1 aliphatic heterocycles. The monoisotopic (exact) mass is 301 g/mol. The van der Waals surface area contributed by atoms with Crippen LogP contribution in [-0.4, -0.2) is 53.4 Å². The van der Waals surface area contributed by atoms with Gasteiger partial charge < -0.3 is 14.9 Å². The van der Waals surface area contributed by atoms with E-state index < -0.39 is 11.9 Å². The highest BCUT2D eigenvalue weighted by Crippen LogP contribution is 2.12. The van der Waals surface area contributed by atoms with Crippen molar-refractivity contribution >= 4 is 23.5 Å². The highest BCUT2D eigenvalue weighted by atomic mass is 35.5. The Kier molecular flexibility index (Phi) is 7.00. The average molecular weight is 302 g/mol. The molecule has 0 aromatic heterocycles. The molecule has 0 bridgehead atoms. The maximum atomic E-state index is 9.10. The van der Waals surface area contributed by atoms with Crippen LogP contribution in [0.4, 0.5) is 0 Å². The molecule has 1 aromatic rings. The number of hydrogen-bond acceptors (Lipinski definition) is 4. The van der Waals surface area contributed by atoms with Crippen molar-refractivity contribution in [2.75, 3.05) is 26.3 Å². The number of rotatable bonds is 2. The Balaban J connectivity index is 0.000000286. The van der Waals surface area contributed by atoms with Crippen LogP contribution in [0.3, 0.4) is 0 Å². The minimum absolute atomic E-state index is 0.802. The molecular weight excluding hydrogens is 286 g/mol. The summed E-state index contributed by atoms with van der Waals surface area (Å²) < 4.78 is 5.29. The second kappa shape index (κ2) is 8.52. The molecule has 1 fully saturated rings. The summed E-state index contributed by atoms with van der Waals surface area (Å²) in [4.78, 5) is 20.6. The van der Waals surface area contributed by atoms with Gasteiger partial charge in [-0.25, -0.2) is 9.59 Å². The van der Waals surface area contributed by atoms with E-state index in [0.29, 0.717) is 0 Å². The van der Waals surface area contributed by atoms with Gasteiger partial charge in [0.2, 0.25) is 0 Å². The molecule has 2 rings (SSSR count). The van der Waals surface area contributed by atoms with Gasteiger partial charge in [0.25, 0.3) is 0 Å². The molecule has 20 heavy (non-hydrogen) atoms. The van der Waals surface area contributed by atoms with Crippen LogP contribution in [0.25, 0.3) is 0 Å². The first-order valence-corrected chi connectivity index (χ1v) is 6.37. The highest BCUT2D eigenvalue weighted by Gasteiger charge is 2.10. The summed E-state index contributed by atoms with van der Waals surface area (Å²) in [5.74, 6) is -3.65. The smallest absolute Gasteiger partial charge is 0.414 e. The van der Waals surface area contributed by atoms with Gasteiger partial charge in [-0.05, 0) is 17.7 Å². The van der Waals surface area contributed by atoms with E-state index in [1.54, 1.807) is 0 Å². The van der Waals surface area contributed by atoms with E-state index >= 15 is 0 Å². The van der Waals surface area contributed by atoms with Crippen LogP contribution in [0.1, 0.15) is 5.56 Å². The lowest BCUT2D eigenvalue weighted by molar-refractivity contribution is -0.159. The molecule has 0 unspecified atom stereocenters. The summed E-state index contributed by atoms with van der Waals surface area (Å²) in [6, 6.07) is 8.05. The summed E-state index contributed by atoms with van der Waals surface area (Å²) in [6.07, 6.45) is 0. The Bertz CT molecular complexity index is 431. The number of carboxylic acids is 2. The lowest BCUT2D eigenvalue weighted by Crippen LogP contribution is -2.35. The van der Waals surface area contributed by atoms with Crippen molar-refractivity contribution in [2.45, 2.75) is 6.54 Å².